The maximum atomic E-state index is 12.2. The van der Waals surface area contributed by atoms with Gasteiger partial charge in [0.25, 0.3) is 5.91 Å². The first-order valence-corrected chi connectivity index (χ1v) is 11.1. The Morgan fingerprint density at radius 2 is 1.70 bits per heavy atom. The highest BCUT2D eigenvalue weighted by Crippen LogP contribution is 2.23. The molecule has 1 saturated heterocycles. The molecular weight excluding hydrogens is 398 g/mol. The van der Waals surface area contributed by atoms with Gasteiger partial charge in [-0.2, -0.15) is 0 Å². The number of benzene rings is 2. The third-order valence-electron chi connectivity index (χ3n) is 4.88. The number of rotatable bonds is 9. The van der Waals surface area contributed by atoms with Crippen LogP contribution in [-0.4, -0.2) is 44.4 Å². The fraction of sp³-hybridized carbons (Fsp3) is 0.318. The molecule has 1 aliphatic rings. The van der Waals surface area contributed by atoms with Gasteiger partial charge < -0.3 is 0 Å². The number of para-hydroxylation sites is 1. The monoisotopic (exact) mass is 423 g/mol. The smallest absolute Gasteiger partial charge is 0.254 e. The van der Waals surface area contributed by atoms with Crippen LogP contribution >= 0.6 is 11.8 Å². The Labute approximate surface area is 180 Å². The maximum Gasteiger partial charge on any atom is 0.254 e. The SMILES string of the molecule is O=C(CSc1nnc(CN2CCCC2)n1-c1ccccc1)NOCc1ccccc1. The molecule has 1 aromatic heterocycles. The Morgan fingerprint density at radius 3 is 2.43 bits per heavy atom. The molecule has 1 amide bonds. The van der Waals surface area contributed by atoms with E-state index in [2.05, 4.69) is 20.6 Å². The maximum absolute atomic E-state index is 12.2. The van der Waals surface area contributed by atoms with Gasteiger partial charge in [0.15, 0.2) is 11.0 Å². The van der Waals surface area contributed by atoms with Crippen LogP contribution in [0, 0.1) is 0 Å². The highest BCUT2D eigenvalue weighted by Gasteiger charge is 2.20. The molecular formula is C22H25N5O2S. The van der Waals surface area contributed by atoms with Gasteiger partial charge in [0.05, 0.1) is 18.9 Å². The Morgan fingerprint density at radius 1 is 1.00 bits per heavy atom. The van der Waals surface area contributed by atoms with Gasteiger partial charge in [-0.25, -0.2) is 5.48 Å². The molecule has 1 fully saturated rings. The van der Waals surface area contributed by atoms with Gasteiger partial charge in [0, 0.05) is 5.69 Å². The number of carbonyl (C=O) groups excluding carboxylic acids is 1. The first-order valence-electron chi connectivity index (χ1n) is 10.1. The highest BCUT2D eigenvalue weighted by molar-refractivity contribution is 7.99. The average Bonchev–Trinajstić information content (AvgIpc) is 3.44. The van der Waals surface area contributed by atoms with Crippen molar-refractivity contribution in [2.24, 2.45) is 0 Å². The molecule has 0 unspecified atom stereocenters. The summed E-state index contributed by atoms with van der Waals surface area (Å²) in [7, 11) is 0. The van der Waals surface area contributed by atoms with Crippen molar-refractivity contribution in [3.8, 4) is 5.69 Å². The number of aromatic nitrogens is 3. The predicted octanol–water partition coefficient (Wildman–Crippen LogP) is 3.20. The van der Waals surface area contributed by atoms with E-state index in [4.69, 9.17) is 4.84 Å². The van der Waals surface area contributed by atoms with Crippen molar-refractivity contribution in [1.82, 2.24) is 25.1 Å². The summed E-state index contributed by atoms with van der Waals surface area (Å²) >= 11 is 1.35. The van der Waals surface area contributed by atoms with Crippen LogP contribution in [-0.2, 0) is 22.8 Å². The summed E-state index contributed by atoms with van der Waals surface area (Å²) in [6, 6.07) is 19.8. The number of hydroxylamine groups is 1. The second-order valence-corrected chi connectivity index (χ2v) is 8.08. The van der Waals surface area contributed by atoms with Crippen molar-refractivity contribution < 1.29 is 9.63 Å². The lowest BCUT2D eigenvalue weighted by Gasteiger charge is -2.15. The number of hydrogen-bond acceptors (Lipinski definition) is 6. The van der Waals surface area contributed by atoms with Gasteiger partial charge >= 0.3 is 0 Å². The van der Waals surface area contributed by atoms with Crippen LogP contribution in [0.25, 0.3) is 5.69 Å². The molecule has 0 spiro atoms. The van der Waals surface area contributed by atoms with Crippen molar-refractivity contribution in [2.45, 2.75) is 31.1 Å². The summed E-state index contributed by atoms with van der Waals surface area (Å²) in [6.45, 7) is 3.27. The van der Waals surface area contributed by atoms with Gasteiger partial charge in [0.1, 0.15) is 0 Å². The summed E-state index contributed by atoms with van der Waals surface area (Å²) in [4.78, 5) is 19.9. The van der Waals surface area contributed by atoms with E-state index in [1.165, 1.54) is 24.6 Å². The molecule has 0 bridgehead atoms. The van der Waals surface area contributed by atoms with Crippen LogP contribution in [0.1, 0.15) is 24.2 Å². The molecule has 0 saturated carbocycles. The first-order chi connectivity index (χ1) is 14.8. The van der Waals surface area contributed by atoms with Gasteiger partial charge in [-0.15, -0.1) is 10.2 Å². The van der Waals surface area contributed by atoms with E-state index in [0.717, 1.165) is 36.7 Å². The van der Waals surface area contributed by atoms with Crippen molar-refractivity contribution in [1.29, 1.82) is 0 Å². The molecule has 0 aliphatic carbocycles. The second kappa shape index (κ2) is 10.4. The molecule has 2 aromatic carbocycles. The molecule has 1 aliphatic heterocycles. The molecule has 4 rings (SSSR count). The Balaban J connectivity index is 1.38. The molecule has 30 heavy (non-hydrogen) atoms. The van der Waals surface area contributed by atoms with Crippen LogP contribution in [0.5, 0.6) is 0 Å². The molecule has 1 N–H and O–H groups in total. The Kier molecular flexibility index (Phi) is 7.12. The minimum Gasteiger partial charge on any atom is -0.296 e. The zero-order valence-corrected chi connectivity index (χ0v) is 17.6. The number of nitrogens with zero attached hydrogens (tertiary/aromatic N) is 4. The largest absolute Gasteiger partial charge is 0.296 e. The topological polar surface area (TPSA) is 72.3 Å². The lowest BCUT2D eigenvalue weighted by atomic mass is 10.2. The molecule has 156 valence electrons. The van der Waals surface area contributed by atoms with Gasteiger partial charge in [-0.05, 0) is 43.6 Å². The van der Waals surface area contributed by atoms with E-state index in [1.807, 2.05) is 65.2 Å². The zero-order valence-electron chi connectivity index (χ0n) is 16.7. The first kappa shape index (κ1) is 20.6. The third kappa shape index (κ3) is 5.47. The Hall–Kier alpha value is -2.68. The van der Waals surface area contributed by atoms with Crippen molar-refractivity contribution in [3.05, 3.63) is 72.1 Å². The average molecular weight is 424 g/mol. The van der Waals surface area contributed by atoms with Crippen LogP contribution in [0.2, 0.25) is 0 Å². The van der Waals surface area contributed by atoms with Crippen LogP contribution in [0.15, 0.2) is 65.8 Å². The standard InChI is InChI=1S/C22H25N5O2S/c28-21(25-29-16-18-9-3-1-4-10-18)17-30-22-24-23-20(15-26-13-7-8-14-26)27(22)19-11-5-2-6-12-19/h1-6,9-12H,7-8,13-17H2,(H,25,28). The fourth-order valence-corrected chi connectivity index (χ4v) is 4.16. The van der Waals surface area contributed by atoms with Crippen molar-refractivity contribution in [2.75, 3.05) is 18.8 Å². The predicted molar refractivity (Wildman–Crippen MR) is 116 cm³/mol. The van der Waals surface area contributed by atoms with Gasteiger partial charge in [-0.1, -0.05) is 60.3 Å². The number of hydrogen-bond donors (Lipinski definition) is 1. The quantitative estimate of drug-likeness (QED) is 0.421. The molecule has 0 radical (unpaired) electrons. The summed E-state index contributed by atoms with van der Waals surface area (Å²) in [5.41, 5.74) is 4.50. The van der Waals surface area contributed by atoms with Gasteiger partial charge in [0.2, 0.25) is 0 Å². The highest BCUT2D eigenvalue weighted by atomic mass is 32.2. The number of carbonyl (C=O) groups is 1. The second-order valence-electron chi connectivity index (χ2n) is 7.14. The molecule has 3 aromatic rings. The fourth-order valence-electron chi connectivity index (χ4n) is 3.41. The molecule has 8 heteroatoms. The van der Waals surface area contributed by atoms with E-state index >= 15 is 0 Å². The molecule has 2 heterocycles. The minimum atomic E-state index is -0.209. The Bertz CT molecular complexity index is 943. The zero-order chi connectivity index (χ0) is 20.6. The van der Waals surface area contributed by atoms with Crippen LogP contribution in [0.3, 0.4) is 0 Å². The molecule has 7 nitrogen and oxygen atoms in total. The summed E-state index contributed by atoms with van der Waals surface area (Å²) < 4.78 is 2.04. The number of likely N-dealkylation sites (tertiary alicyclic amines) is 1. The van der Waals surface area contributed by atoms with E-state index in [9.17, 15) is 4.79 Å². The summed E-state index contributed by atoms with van der Waals surface area (Å²) in [5.74, 6) is 0.884. The van der Waals surface area contributed by atoms with Crippen molar-refractivity contribution in [3.63, 3.8) is 0 Å². The number of thioether (sulfide) groups is 1. The lowest BCUT2D eigenvalue weighted by molar-refractivity contribution is -0.131. The normalized spacial score (nSPS) is 14.1. The van der Waals surface area contributed by atoms with E-state index < -0.39 is 0 Å². The van der Waals surface area contributed by atoms with E-state index in [0.29, 0.717) is 11.8 Å². The third-order valence-corrected chi connectivity index (χ3v) is 5.81. The van der Waals surface area contributed by atoms with Crippen LogP contribution < -0.4 is 5.48 Å². The summed E-state index contributed by atoms with van der Waals surface area (Å²) in [6.07, 6.45) is 2.45. The van der Waals surface area contributed by atoms with Crippen molar-refractivity contribution >= 4 is 17.7 Å². The van der Waals surface area contributed by atoms with E-state index in [1.54, 1.807) is 0 Å². The van der Waals surface area contributed by atoms with E-state index in [-0.39, 0.29) is 11.7 Å². The number of nitrogens with one attached hydrogen (secondary N) is 1. The molecule has 0 atom stereocenters. The minimum absolute atomic E-state index is 0.198. The summed E-state index contributed by atoms with van der Waals surface area (Å²) in [5, 5.41) is 9.49. The lowest BCUT2D eigenvalue weighted by Crippen LogP contribution is -2.25. The number of amides is 1. The van der Waals surface area contributed by atoms with Crippen LogP contribution in [0.4, 0.5) is 0 Å². The van der Waals surface area contributed by atoms with Gasteiger partial charge in [-0.3, -0.25) is 19.1 Å².